The Morgan fingerprint density at radius 1 is 1.53 bits per heavy atom. The standard InChI is InChI=1S/C9H11N3O4S/c10-7(13)2-6(9(15)16)12-8(14)1-5-3-17-4-11-5/h3-4,6H,1-2H2,(H2,10,13)(H,12,14)(H,15,16)/t6-/m0/s1. The summed E-state index contributed by atoms with van der Waals surface area (Å²) in [5.74, 6) is -2.59. The minimum Gasteiger partial charge on any atom is -0.480 e. The van der Waals surface area contributed by atoms with E-state index in [4.69, 9.17) is 10.8 Å². The molecule has 2 amide bonds. The van der Waals surface area contributed by atoms with Gasteiger partial charge in [-0.05, 0) is 0 Å². The second-order valence-corrected chi connectivity index (χ2v) is 4.00. The van der Waals surface area contributed by atoms with Crippen LogP contribution in [0.5, 0.6) is 0 Å². The van der Waals surface area contributed by atoms with E-state index in [1.54, 1.807) is 10.9 Å². The molecule has 0 saturated heterocycles. The van der Waals surface area contributed by atoms with Gasteiger partial charge >= 0.3 is 5.97 Å². The van der Waals surface area contributed by atoms with Crippen LogP contribution in [0.4, 0.5) is 0 Å². The van der Waals surface area contributed by atoms with Crippen LogP contribution in [0.15, 0.2) is 10.9 Å². The van der Waals surface area contributed by atoms with Crippen LogP contribution in [-0.4, -0.2) is 33.9 Å². The number of carboxylic acid groups (broad SMARTS) is 1. The van der Waals surface area contributed by atoms with E-state index in [0.717, 1.165) is 0 Å². The van der Waals surface area contributed by atoms with Gasteiger partial charge in [-0.3, -0.25) is 9.59 Å². The number of hydrogen-bond acceptors (Lipinski definition) is 5. The highest BCUT2D eigenvalue weighted by Gasteiger charge is 2.22. The van der Waals surface area contributed by atoms with Crippen LogP contribution in [0.3, 0.4) is 0 Å². The Labute approximate surface area is 101 Å². The molecule has 1 heterocycles. The second kappa shape index (κ2) is 5.94. The van der Waals surface area contributed by atoms with E-state index in [2.05, 4.69) is 10.3 Å². The number of carbonyl (C=O) groups is 3. The highest BCUT2D eigenvalue weighted by molar-refractivity contribution is 7.07. The molecule has 1 aromatic rings. The Hall–Kier alpha value is -1.96. The first kappa shape index (κ1) is 13.1. The number of nitrogens with zero attached hydrogens (tertiary/aromatic N) is 1. The highest BCUT2D eigenvalue weighted by atomic mass is 32.1. The maximum Gasteiger partial charge on any atom is 0.326 e. The van der Waals surface area contributed by atoms with E-state index in [0.29, 0.717) is 5.69 Å². The number of aromatic nitrogens is 1. The molecule has 0 saturated carbocycles. The fourth-order valence-electron chi connectivity index (χ4n) is 1.14. The third kappa shape index (κ3) is 4.60. The van der Waals surface area contributed by atoms with Crippen molar-refractivity contribution in [2.75, 3.05) is 0 Å². The summed E-state index contributed by atoms with van der Waals surface area (Å²) in [5.41, 5.74) is 7.00. The van der Waals surface area contributed by atoms with Crippen LogP contribution >= 0.6 is 11.3 Å². The van der Waals surface area contributed by atoms with E-state index in [1.807, 2.05) is 0 Å². The van der Waals surface area contributed by atoms with Gasteiger partial charge in [-0.25, -0.2) is 9.78 Å². The fourth-order valence-corrected chi connectivity index (χ4v) is 1.69. The number of aliphatic carboxylic acids is 1. The average Bonchev–Trinajstić information content (AvgIpc) is 2.68. The molecule has 17 heavy (non-hydrogen) atoms. The molecule has 0 radical (unpaired) electrons. The van der Waals surface area contributed by atoms with Gasteiger partial charge in [-0.1, -0.05) is 0 Å². The van der Waals surface area contributed by atoms with Crippen LogP contribution in [-0.2, 0) is 20.8 Å². The zero-order valence-corrected chi connectivity index (χ0v) is 9.57. The number of rotatable bonds is 6. The van der Waals surface area contributed by atoms with Crippen molar-refractivity contribution in [1.29, 1.82) is 0 Å². The summed E-state index contributed by atoms with van der Waals surface area (Å²) in [5, 5.41) is 12.7. The summed E-state index contributed by atoms with van der Waals surface area (Å²) in [6.45, 7) is 0. The van der Waals surface area contributed by atoms with Crippen molar-refractivity contribution < 1.29 is 19.5 Å². The molecule has 8 heteroatoms. The fraction of sp³-hybridized carbons (Fsp3) is 0.333. The topological polar surface area (TPSA) is 122 Å². The molecule has 4 N–H and O–H groups in total. The summed E-state index contributed by atoms with van der Waals surface area (Å²) in [4.78, 5) is 36.7. The largest absolute Gasteiger partial charge is 0.480 e. The smallest absolute Gasteiger partial charge is 0.326 e. The summed E-state index contributed by atoms with van der Waals surface area (Å²) >= 11 is 1.34. The lowest BCUT2D eigenvalue weighted by atomic mass is 10.2. The molecule has 92 valence electrons. The van der Waals surface area contributed by atoms with Crippen LogP contribution in [0, 0.1) is 0 Å². The van der Waals surface area contributed by atoms with Crippen LogP contribution in [0.1, 0.15) is 12.1 Å². The lowest BCUT2D eigenvalue weighted by Gasteiger charge is -2.11. The zero-order valence-electron chi connectivity index (χ0n) is 8.75. The maximum absolute atomic E-state index is 11.4. The van der Waals surface area contributed by atoms with E-state index < -0.39 is 30.2 Å². The molecular formula is C9H11N3O4S. The molecule has 0 aliphatic heterocycles. The molecule has 1 atom stereocenters. The van der Waals surface area contributed by atoms with Crippen molar-refractivity contribution in [3.8, 4) is 0 Å². The number of hydrogen-bond donors (Lipinski definition) is 3. The Morgan fingerprint density at radius 3 is 2.71 bits per heavy atom. The summed E-state index contributed by atoms with van der Waals surface area (Å²) in [7, 11) is 0. The zero-order chi connectivity index (χ0) is 12.8. The van der Waals surface area contributed by atoms with Crippen molar-refractivity contribution in [3.05, 3.63) is 16.6 Å². The number of amides is 2. The Kier molecular flexibility index (Phi) is 4.58. The molecule has 7 nitrogen and oxygen atoms in total. The maximum atomic E-state index is 11.4. The van der Waals surface area contributed by atoms with Gasteiger partial charge in [0.2, 0.25) is 11.8 Å². The first-order valence-electron chi connectivity index (χ1n) is 4.66. The van der Waals surface area contributed by atoms with Crippen molar-refractivity contribution in [1.82, 2.24) is 10.3 Å². The van der Waals surface area contributed by atoms with E-state index >= 15 is 0 Å². The van der Waals surface area contributed by atoms with Crippen LogP contribution < -0.4 is 11.1 Å². The molecule has 0 fully saturated rings. The summed E-state index contributed by atoms with van der Waals surface area (Å²) in [6.07, 6.45) is -0.454. The minimum atomic E-state index is -1.30. The number of carbonyl (C=O) groups excluding carboxylic acids is 2. The Bertz CT molecular complexity index is 418. The lowest BCUT2D eigenvalue weighted by Crippen LogP contribution is -2.43. The van der Waals surface area contributed by atoms with Gasteiger partial charge in [-0.15, -0.1) is 11.3 Å². The predicted molar refractivity (Wildman–Crippen MR) is 59.2 cm³/mol. The normalized spacial score (nSPS) is 11.8. The predicted octanol–water partition coefficient (Wildman–Crippen LogP) is -0.870. The van der Waals surface area contributed by atoms with Gasteiger partial charge in [0.25, 0.3) is 0 Å². The first-order chi connectivity index (χ1) is 7.99. The highest BCUT2D eigenvalue weighted by Crippen LogP contribution is 2.02. The molecule has 0 aliphatic carbocycles. The number of thiazole rings is 1. The number of nitrogens with one attached hydrogen (secondary N) is 1. The van der Waals surface area contributed by atoms with Gasteiger partial charge in [-0.2, -0.15) is 0 Å². The lowest BCUT2D eigenvalue weighted by molar-refractivity contribution is -0.143. The van der Waals surface area contributed by atoms with Gasteiger partial charge in [0.1, 0.15) is 6.04 Å². The molecule has 1 rings (SSSR count). The summed E-state index contributed by atoms with van der Waals surface area (Å²) in [6, 6.07) is -1.29. The molecule has 1 aromatic heterocycles. The van der Waals surface area contributed by atoms with E-state index in [1.165, 1.54) is 11.3 Å². The van der Waals surface area contributed by atoms with Crippen molar-refractivity contribution in [3.63, 3.8) is 0 Å². The Morgan fingerprint density at radius 2 is 2.24 bits per heavy atom. The molecule has 0 spiro atoms. The first-order valence-corrected chi connectivity index (χ1v) is 5.61. The van der Waals surface area contributed by atoms with Crippen molar-refractivity contribution in [2.45, 2.75) is 18.9 Å². The van der Waals surface area contributed by atoms with E-state index in [9.17, 15) is 14.4 Å². The third-order valence-corrected chi connectivity index (χ3v) is 2.50. The second-order valence-electron chi connectivity index (χ2n) is 3.29. The van der Waals surface area contributed by atoms with Crippen molar-refractivity contribution >= 4 is 29.1 Å². The molecule has 0 aliphatic rings. The number of nitrogens with two attached hydrogens (primary N) is 1. The van der Waals surface area contributed by atoms with Crippen molar-refractivity contribution in [2.24, 2.45) is 5.73 Å². The van der Waals surface area contributed by atoms with Gasteiger partial charge in [0.05, 0.1) is 24.0 Å². The van der Waals surface area contributed by atoms with E-state index in [-0.39, 0.29) is 6.42 Å². The SMILES string of the molecule is NC(=O)C[C@H](NC(=O)Cc1cscn1)C(=O)O. The Balaban J connectivity index is 2.52. The van der Waals surface area contributed by atoms with Crippen LogP contribution in [0.2, 0.25) is 0 Å². The monoisotopic (exact) mass is 257 g/mol. The number of carboxylic acids is 1. The van der Waals surface area contributed by atoms with Gasteiger partial charge < -0.3 is 16.2 Å². The van der Waals surface area contributed by atoms with Gasteiger partial charge in [0.15, 0.2) is 0 Å². The molecule has 0 unspecified atom stereocenters. The van der Waals surface area contributed by atoms with Crippen LogP contribution in [0.25, 0.3) is 0 Å². The molecule has 0 bridgehead atoms. The molecule has 0 aromatic carbocycles. The number of primary amides is 1. The van der Waals surface area contributed by atoms with Gasteiger partial charge in [0, 0.05) is 5.38 Å². The average molecular weight is 257 g/mol. The quantitative estimate of drug-likeness (QED) is 0.611. The molecular weight excluding hydrogens is 246 g/mol. The third-order valence-electron chi connectivity index (χ3n) is 1.86. The minimum absolute atomic E-state index is 0.0218. The summed E-state index contributed by atoms with van der Waals surface area (Å²) < 4.78 is 0.